The highest BCUT2D eigenvalue weighted by atomic mass is 35.5. The standard InChI is InChI=1S/C21H17Cl2N3O/c22-16-1-4-18(5-2-16)25-12-14-9-19(13-24-11-14)26-8-7-15-10-17(23)3-6-20(15)21(26)27/h1-6,9-11,13,25H,7-8,12H2. The van der Waals surface area contributed by atoms with E-state index in [1.807, 2.05) is 36.4 Å². The van der Waals surface area contributed by atoms with Gasteiger partial charge in [-0.3, -0.25) is 9.78 Å². The fourth-order valence-corrected chi connectivity index (χ4v) is 3.51. The normalized spacial score (nSPS) is 13.4. The van der Waals surface area contributed by atoms with Gasteiger partial charge in [0.25, 0.3) is 5.91 Å². The van der Waals surface area contributed by atoms with Crippen LogP contribution in [0.4, 0.5) is 11.4 Å². The number of nitrogens with one attached hydrogen (secondary N) is 1. The first kappa shape index (κ1) is 17.8. The molecule has 2 heterocycles. The molecule has 3 aromatic rings. The number of amides is 1. The van der Waals surface area contributed by atoms with Crippen LogP contribution in [0.3, 0.4) is 0 Å². The largest absolute Gasteiger partial charge is 0.381 e. The Balaban J connectivity index is 1.51. The van der Waals surface area contributed by atoms with Crippen LogP contribution in [0.2, 0.25) is 10.0 Å². The van der Waals surface area contributed by atoms with Crippen LogP contribution in [0.5, 0.6) is 0 Å². The molecule has 0 aliphatic carbocycles. The number of hydrogen-bond acceptors (Lipinski definition) is 3. The van der Waals surface area contributed by atoms with Crippen molar-refractivity contribution in [3.63, 3.8) is 0 Å². The summed E-state index contributed by atoms with van der Waals surface area (Å²) in [6, 6.07) is 15.0. The number of pyridine rings is 1. The fourth-order valence-electron chi connectivity index (χ4n) is 3.19. The van der Waals surface area contributed by atoms with E-state index in [0.29, 0.717) is 28.7 Å². The first-order valence-electron chi connectivity index (χ1n) is 8.64. The Hall–Kier alpha value is -2.56. The molecule has 0 spiro atoms. The summed E-state index contributed by atoms with van der Waals surface area (Å²) in [6.07, 6.45) is 4.30. The zero-order valence-corrected chi connectivity index (χ0v) is 16.0. The van der Waals surface area contributed by atoms with Gasteiger partial charge in [0.1, 0.15) is 0 Å². The molecule has 0 fully saturated rings. The molecule has 0 unspecified atom stereocenters. The second kappa shape index (κ2) is 7.59. The highest BCUT2D eigenvalue weighted by Gasteiger charge is 2.25. The molecule has 1 amide bonds. The maximum absolute atomic E-state index is 12.9. The van der Waals surface area contributed by atoms with Crippen LogP contribution in [0.1, 0.15) is 21.5 Å². The Labute approximate surface area is 167 Å². The average molecular weight is 398 g/mol. The van der Waals surface area contributed by atoms with Crippen molar-refractivity contribution in [1.29, 1.82) is 0 Å². The average Bonchev–Trinajstić information content (AvgIpc) is 2.68. The van der Waals surface area contributed by atoms with Crippen molar-refractivity contribution in [3.05, 3.63) is 87.7 Å². The van der Waals surface area contributed by atoms with Gasteiger partial charge in [-0.15, -0.1) is 0 Å². The van der Waals surface area contributed by atoms with Crippen molar-refractivity contribution in [2.75, 3.05) is 16.8 Å². The number of carbonyl (C=O) groups is 1. The minimum atomic E-state index is -0.0162. The van der Waals surface area contributed by atoms with Crippen LogP contribution >= 0.6 is 23.2 Å². The lowest BCUT2D eigenvalue weighted by atomic mass is 9.98. The Morgan fingerprint density at radius 1 is 1.00 bits per heavy atom. The Morgan fingerprint density at radius 2 is 1.78 bits per heavy atom. The van der Waals surface area contributed by atoms with Crippen LogP contribution in [-0.2, 0) is 13.0 Å². The van der Waals surface area contributed by atoms with Crippen molar-refractivity contribution in [2.24, 2.45) is 0 Å². The van der Waals surface area contributed by atoms with Gasteiger partial charge in [0, 0.05) is 40.6 Å². The molecule has 0 saturated heterocycles. The van der Waals surface area contributed by atoms with E-state index >= 15 is 0 Å². The number of rotatable bonds is 4. The summed E-state index contributed by atoms with van der Waals surface area (Å²) >= 11 is 12.0. The van der Waals surface area contributed by atoms with E-state index in [1.54, 1.807) is 29.4 Å². The molecule has 0 saturated carbocycles. The van der Waals surface area contributed by atoms with Crippen molar-refractivity contribution in [2.45, 2.75) is 13.0 Å². The summed E-state index contributed by atoms with van der Waals surface area (Å²) in [6.45, 7) is 1.22. The van der Waals surface area contributed by atoms with Gasteiger partial charge in [0.15, 0.2) is 0 Å². The topological polar surface area (TPSA) is 45.2 Å². The maximum Gasteiger partial charge on any atom is 0.258 e. The molecule has 136 valence electrons. The summed E-state index contributed by atoms with van der Waals surface area (Å²) in [5.41, 5.74) is 4.48. The van der Waals surface area contributed by atoms with Crippen molar-refractivity contribution in [3.8, 4) is 0 Å². The van der Waals surface area contributed by atoms with Gasteiger partial charge in [-0.05, 0) is 66.1 Å². The zero-order valence-electron chi connectivity index (χ0n) is 14.5. The molecule has 1 N–H and O–H groups in total. The van der Waals surface area contributed by atoms with Crippen LogP contribution < -0.4 is 10.2 Å². The fraction of sp³-hybridized carbons (Fsp3) is 0.143. The third kappa shape index (κ3) is 3.92. The summed E-state index contributed by atoms with van der Waals surface area (Å²) < 4.78 is 0. The van der Waals surface area contributed by atoms with E-state index in [0.717, 1.165) is 28.9 Å². The van der Waals surface area contributed by atoms with E-state index < -0.39 is 0 Å². The van der Waals surface area contributed by atoms with E-state index in [9.17, 15) is 4.79 Å². The molecular formula is C21H17Cl2N3O. The number of hydrogen-bond donors (Lipinski definition) is 1. The summed E-state index contributed by atoms with van der Waals surface area (Å²) in [5.74, 6) is -0.0162. The predicted octanol–water partition coefficient (Wildman–Crippen LogP) is 5.20. The molecule has 4 rings (SSSR count). The molecule has 0 radical (unpaired) electrons. The van der Waals surface area contributed by atoms with Crippen molar-refractivity contribution >= 4 is 40.5 Å². The minimum absolute atomic E-state index is 0.0162. The van der Waals surface area contributed by atoms with Crippen LogP contribution in [0.15, 0.2) is 60.9 Å². The maximum atomic E-state index is 12.9. The van der Waals surface area contributed by atoms with Gasteiger partial charge in [-0.25, -0.2) is 0 Å². The smallest absolute Gasteiger partial charge is 0.258 e. The third-order valence-corrected chi connectivity index (χ3v) is 5.07. The quantitative estimate of drug-likeness (QED) is 0.657. The lowest BCUT2D eigenvalue weighted by Crippen LogP contribution is -2.37. The van der Waals surface area contributed by atoms with Crippen LogP contribution in [0.25, 0.3) is 0 Å². The third-order valence-electron chi connectivity index (χ3n) is 4.58. The zero-order chi connectivity index (χ0) is 18.8. The monoisotopic (exact) mass is 397 g/mol. The molecule has 6 heteroatoms. The number of halogens is 2. The Kier molecular flexibility index (Phi) is 5.01. The minimum Gasteiger partial charge on any atom is -0.381 e. The van der Waals surface area contributed by atoms with Gasteiger partial charge in [0.2, 0.25) is 0 Å². The second-order valence-corrected chi connectivity index (χ2v) is 7.29. The molecule has 4 nitrogen and oxygen atoms in total. The van der Waals surface area contributed by atoms with Crippen molar-refractivity contribution < 1.29 is 4.79 Å². The molecule has 0 bridgehead atoms. The molecule has 0 atom stereocenters. The van der Waals surface area contributed by atoms with Gasteiger partial charge in [-0.2, -0.15) is 0 Å². The van der Waals surface area contributed by atoms with Crippen LogP contribution in [-0.4, -0.2) is 17.4 Å². The molecule has 1 aliphatic rings. The van der Waals surface area contributed by atoms with Crippen molar-refractivity contribution in [1.82, 2.24) is 4.98 Å². The molecule has 2 aromatic carbocycles. The van der Waals surface area contributed by atoms with E-state index in [-0.39, 0.29) is 5.91 Å². The number of aromatic nitrogens is 1. The highest BCUT2D eigenvalue weighted by Crippen LogP contribution is 2.27. The Morgan fingerprint density at radius 3 is 2.59 bits per heavy atom. The second-order valence-electron chi connectivity index (χ2n) is 6.42. The van der Waals surface area contributed by atoms with E-state index in [4.69, 9.17) is 23.2 Å². The number of benzene rings is 2. The van der Waals surface area contributed by atoms with Gasteiger partial charge < -0.3 is 10.2 Å². The first-order valence-corrected chi connectivity index (χ1v) is 9.39. The Bertz CT molecular complexity index is 989. The lowest BCUT2D eigenvalue weighted by Gasteiger charge is -2.28. The molecule has 1 aliphatic heterocycles. The van der Waals surface area contributed by atoms with Gasteiger partial charge in [-0.1, -0.05) is 23.2 Å². The number of anilines is 2. The summed E-state index contributed by atoms with van der Waals surface area (Å²) in [4.78, 5) is 19.0. The van der Waals surface area contributed by atoms with E-state index in [2.05, 4.69) is 10.3 Å². The molecule has 27 heavy (non-hydrogen) atoms. The number of carbonyl (C=O) groups excluding carboxylic acids is 1. The first-order chi connectivity index (χ1) is 13.1. The summed E-state index contributed by atoms with van der Waals surface area (Å²) in [7, 11) is 0. The van der Waals surface area contributed by atoms with Gasteiger partial charge in [0.05, 0.1) is 11.9 Å². The van der Waals surface area contributed by atoms with Gasteiger partial charge >= 0.3 is 0 Å². The molecule has 1 aromatic heterocycles. The SMILES string of the molecule is O=C1c2ccc(Cl)cc2CCN1c1cncc(CNc2ccc(Cl)cc2)c1. The highest BCUT2D eigenvalue weighted by molar-refractivity contribution is 6.31. The number of nitrogens with zero attached hydrogens (tertiary/aromatic N) is 2. The number of fused-ring (bicyclic) bond motifs is 1. The predicted molar refractivity (Wildman–Crippen MR) is 110 cm³/mol. The van der Waals surface area contributed by atoms with Crippen LogP contribution in [0, 0.1) is 0 Å². The lowest BCUT2D eigenvalue weighted by molar-refractivity contribution is 0.0980. The molecular weight excluding hydrogens is 381 g/mol. The summed E-state index contributed by atoms with van der Waals surface area (Å²) in [5, 5.41) is 4.70. The van der Waals surface area contributed by atoms with E-state index in [1.165, 1.54) is 0 Å².